The standard InChI is InChI=1S/C24H40N6O/c1-18(2)23-15-21(27-28-23)17-29-11-8-22(9-12-29)30-13-6-19(7-14-30)24(31)26-16-20-5-3-4-10-25-20/h3-5,10,18-19,21-23,27-28H,6-9,11-17H2,1-2H3,(H,26,31). The number of rotatable bonds is 7. The Bertz CT molecular complexity index is 683. The van der Waals surface area contributed by atoms with Crippen LogP contribution in [0.2, 0.25) is 0 Å². The van der Waals surface area contributed by atoms with Gasteiger partial charge >= 0.3 is 0 Å². The Morgan fingerprint density at radius 1 is 1.13 bits per heavy atom. The highest BCUT2D eigenvalue weighted by Gasteiger charge is 2.32. The van der Waals surface area contributed by atoms with Gasteiger partial charge in [0.1, 0.15) is 0 Å². The van der Waals surface area contributed by atoms with Crippen molar-refractivity contribution < 1.29 is 4.79 Å². The molecule has 0 bridgehead atoms. The van der Waals surface area contributed by atoms with Crippen molar-refractivity contribution in [1.82, 2.24) is 31.0 Å². The van der Waals surface area contributed by atoms with Crippen LogP contribution in [0.15, 0.2) is 24.4 Å². The Kier molecular flexibility index (Phi) is 7.93. The molecule has 3 saturated heterocycles. The Labute approximate surface area is 187 Å². The molecule has 0 radical (unpaired) electrons. The molecule has 1 amide bonds. The predicted octanol–water partition coefficient (Wildman–Crippen LogP) is 1.77. The van der Waals surface area contributed by atoms with Crippen molar-refractivity contribution in [1.29, 1.82) is 0 Å². The lowest BCUT2D eigenvalue weighted by Crippen LogP contribution is -2.51. The van der Waals surface area contributed by atoms with Crippen molar-refractivity contribution in [3.05, 3.63) is 30.1 Å². The summed E-state index contributed by atoms with van der Waals surface area (Å²) in [7, 11) is 0. The molecular weight excluding hydrogens is 388 g/mol. The number of amides is 1. The fourth-order valence-corrected chi connectivity index (χ4v) is 5.34. The van der Waals surface area contributed by atoms with Crippen LogP contribution in [0.4, 0.5) is 0 Å². The molecule has 0 aromatic carbocycles. The van der Waals surface area contributed by atoms with Crippen LogP contribution in [0.3, 0.4) is 0 Å². The largest absolute Gasteiger partial charge is 0.350 e. The first kappa shape index (κ1) is 22.6. The van der Waals surface area contributed by atoms with Gasteiger partial charge in [0.05, 0.1) is 12.2 Å². The van der Waals surface area contributed by atoms with Crippen molar-refractivity contribution in [3.8, 4) is 0 Å². The van der Waals surface area contributed by atoms with E-state index in [9.17, 15) is 4.79 Å². The quantitative estimate of drug-likeness (QED) is 0.615. The number of hydrogen-bond donors (Lipinski definition) is 3. The van der Waals surface area contributed by atoms with E-state index in [1.807, 2.05) is 18.2 Å². The smallest absolute Gasteiger partial charge is 0.223 e. The fraction of sp³-hybridized carbons (Fsp3) is 0.750. The Balaban J connectivity index is 1.13. The molecule has 4 rings (SSSR count). The lowest BCUT2D eigenvalue weighted by molar-refractivity contribution is -0.126. The summed E-state index contributed by atoms with van der Waals surface area (Å²) < 4.78 is 0. The molecule has 0 saturated carbocycles. The minimum absolute atomic E-state index is 0.148. The van der Waals surface area contributed by atoms with Gasteiger partial charge in [-0.1, -0.05) is 19.9 Å². The van der Waals surface area contributed by atoms with Gasteiger partial charge < -0.3 is 15.1 Å². The lowest BCUT2D eigenvalue weighted by Gasteiger charge is -2.42. The van der Waals surface area contributed by atoms with Crippen molar-refractivity contribution in [2.45, 2.75) is 70.6 Å². The van der Waals surface area contributed by atoms with E-state index in [0.717, 1.165) is 38.2 Å². The predicted molar refractivity (Wildman–Crippen MR) is 123 cm³/mol. The van der Waals surface area contributed by atoms with Gasteiger partial charge in [0.25, 0.3) is 0 Å². The zero-order valence-corrected chi connectivity index (χ0v) is 19.2. The third-order valence-electron chi connectivity index (χ3n) is 7.44. The summed E-state index contributed by atoms with van der Waals surface area (Å²) in [5, 5.41) is 3.08. The van der Waals surface area contributed by atoms with E-state index >= 15 is 0 Å². The number of carbonyl (C=O) groups excluding carboxylic acids is 1. The van der Waals surface area contributed by atoms with Gasteiger partial charge in [0.2, 0.25) is 5.91 Å². The van der Waals surface area contributed by atoms with E-state index in [1.54, 1.807) is 6.20 Å². The van der Waals surface area contributed by atoms with Crippen LogP contribution in [0.1, 0.15) is 51.6 Å². The third-order valence-corrected chi connectivity index (χ3v) is 7.44. The first-order valence-electron chi connectivity index (χ1n) is 12.2. The van der Waals surface area contributed by atoms with Gasteiger partial charge in [0.15, 0.2) is 0 Å². The summed E-state index contributed by atoms with van der Waals surface area (Å²) >= 11 is 0. The molecule has 172 valence electrons. The van der Waals surface area contributed by atoms with E-state index in [2.05, 4.69) is 44.8 Å². The van der Waals surface area contributed by atoms with Gasteiger partial charge in [-0.05, 0) is 76.3 Å². The van der Waals surface area contributed by atoms with E-state index in [4.69, 9.17) is 0 Å². The minimum Gasteiger partial charge on any atom is -0.350 e. The van der Waals surface area contributed by atoms with Crippen LogP contribution >= 0.6 is 0 Å². The Hall–Kier alpha value is -1.54. The topological polar surface area (TPSA) is 72.5 Å². The number of carbonyl (C=O) groups is 1. The van der Waals surface area contributed by atoms with Crippen LogP contribution in [-0.4, -0.2) is 71.5 Å². The van der Waals surface area contributed by atoms with Crippen molar-refractivity contribution >= 4 is 5.91 Å². The van der Waals surface area contributed by atoms with Crippen LogP contribution < -0.4 is 16.2 Å². The highest BCUT2D eigenvalue weighted by atomic mass is 16.1. The molecule has 2 unspecified atom stereocenters. The summed E-state index contributed by atoms with van der Waals surface area (Å²) in [5.41, 5.74) is 7.89. The van der Waals surface area contributed by atoms with Crippen LogP contribution in [0.25, 0.3) is 0 Å². The summed E-state index contributed by atoms with van der Waals surface area (Å²) in [4.78, 5) is 22.1. The number of pyridine rings is 1. The highest BCUT2D eigenvalue weighted by Crippen LogP contribution is 2.25. The van der Waals surface area contributed by atoms with Crippen LogP contribution in [-0.2, 0) is 11.3 Å². The van der Waals surface area contributed by atoms with Gasteiger partial charge in [-0.25, -0.2) is 0 Å². The number of aromatic nitrogens is 1. The first-order chi connectivity index (χ1) is 15.1. The average molecular weight is 429 g/mol. The second kappa shape index (κ2) is 10.9. The summed E-state index contributed by atoms with van der Waals surface area (Å²) in [6.45, 7) is 10.8. The molecule has 7 heteroatoms. The number of nitrogens with one attached hydrogen (secondary N) is 3. The highest BCUT2D eigenvalue weighted by molar-refractivity contribution is 5.78. The number of likely N-dealkylation sites (tertiary alicyclic amines) is 2. The zero-order chi connectivity index (χ0) is 21.6. The molecule has 1 aromatic heterocycles. The van der Waals surface area contributed by atoms with Gasteiger partial charge in [-0.3, -0.25) is 20.6 Å². The van der Waals surface area contributed by atoms with E-state index < -0.39 is 0 Å². The fourth-order valence-electron chi connectivity index (χ4n) is 5.34. The summed E-state index contributed by atoms with van der Waals surface area (Å²) in [6, 6.07) is 7.68. The number of hydrazine groups is 1. The Morgan fingerprint density at radius 3 is 2.55 bits per heavy atom. The Morgan fingerprint density at radius 2 is 1.90 bits per heavy atom. The molecule has 3 N–H and O–H groups in total. The maximum Gasteiger partial charge on any atom is 0.223 e. The van der Waals surface area contributed by atoms with E-state index in [1.165, 1.54) is 32.4 Å². The summed E-state index contributed by atoms with van der Waals surface area (Å²) in [6.07, 6.45) is 7.46. The number of nitrogens with zero attached hydrogens (tertiary/aromatic N) is 3. The third kappa shape index (κ3) is 6.25. The maximum absolute atomic E-state index is 12.6. The number of piperidine rings is 2. The van der Waals surface area contributed by atoms with Crippen molar-refractivity contribution in [2.24, 2.45) is 11.8 Å². The van der Waals surface area contributed by atoms with Gasteiger partial charge in [0, 0.05) is 36.8 Å². The summed E-state index contributed by atoms with van der Waals surface area (Å²) in [5.74, 6) is 1.02. The van der Waals surface area contributed by atoms with Gasteiger partial charge in [-0.15, -0.1) is 0 Å². The second-order valence-corrected chi connectivity index (χ2v) is 9.95. The average Bonchev–Trinajstić information content (AvgIpc) is 3.28. The van der Waals surface area contributed by atoms with E-state index in [0.29, 0.717) is 30.6 Å². The maximum atomic E-state index is 12.6. The monoisotopic (exact) mass is 428 g/mol. The number of hydrogen-bond acceptors (Lipinski definition) is 6. The lowest BCUT2D eigenvalue weighted by atomic mass is 9.92. The molecule has 0 spiro atoms. The molecule has 7 nitrogen and oxygen atoms in total. The molecule has 0 aliphatic carbocycles. The molecular formula is C24H40N6O. The molecule has 2 atom stereocenters. The van der Waals surface area contributed by atoms with Crippen molar-refractivity contribution in [2.75, 3.05) is 32.7 Å². The molecule has 4 heterocycles. The molecule has 3 aliphatic rings. The molecule has 31 heavy (non-hydrogen) atoms. The molecule has 1 aromatic rings. The second-order valence-electron chi connectivity index (χ2n) is 9.95. The van der Waals surface area contributed by atoms with Crippen LogP contribution in [0, 0.1) is 11.8 Å². The van der Waals surface area contributed by atoms with E-state index in [-0.39, 0.29) is 11.8 Å². The molecule has 3 fully saturated rings. The first-order valence-corrected chi connectivity index (χ1v) is 12.2. The van der Waals surface area contributed by atoms with Gasteiger partial charge in [-0.2, -0.15) is 0 Å². The molecule has 3 aliphatic heterocycles. The SMILES string of the molecule is CC(C)C1CC(CN2CCC(N3CCC(C(=O)NCc4ccccn4)CC3)CC2)NN1. The van der Waals surface area contributed by atoms with Crippen LogP contribution in [0.5, 0.6) is 0 Å². The normalized spacial score (nSPS) is 27.1. The van der Waals surface area contributed by atoms with Crippen molar-refractivity contribution in [3.63, 3.8) is 0 Å². The zero-order valence-electron chi connectivity index (χ0n) is 19.2. The minimum atomic E-state index is 0.148.